The largest absolute Gasteiger partial charge is 0.386 e. The predicted molar refractivity (Wildman–Crippen MR) is 106 cm³/mol. The summed E-state index contributed by atoms with van der Waals surface area (Å²) in [7, 11) is 0. The van der Waals surface area contributed by atoms with Crippen molar-refractivity contribution in [1.82, 2.24) is 20.1 Å². The van der Waals surface area contributed by atoms with Crippen molar-refractivity contribution < 1.29 is 24.2 Å². The van der Waals surface area contributed by atoms with Gasteiger partial charge in [0.2, 0.25) is 11.9 Å². The topological polar surface area (TPSA) is 104 Å². The average Bonchev–Trinajstić information content (AvgIpc) is 3.15. The number of rotatable bonds is 6. The van der Waals surface area contributed by atoms with Crippen LogP contribution in [-0.4, -0.2) is 31.0 Å². The second-order valence-corrected chi connectivity index (χ2v) is 7.54. The fraction of sp³-hybridized carbons (Fsp3) is 0.333. The van der Waals surface area contributed by atoms with Gasteiger partial charge in [-0.25, -0.2) is 14.1 Å². The van der Waals surface area contributed by atoms with Crippen molar-refractivity contribution in [3.8, 4) is 5.82 Å². The molecule has 158 valence electrons. The molecular formula is C21H25FN5O3+. The van der Waals surface area contributed by atoms with Gasteiger partial charge in [0.1, 0.15) is 17.6 Å². The Kier molecular flexibility index (Phi) is 6.12. The van der Waals surface area contributed by atoms with E-state index >= 15 is 0 Å². The van der Waals surface area contributed by atoms with Gasteiger partial charge in [0, 0.05) is 29.5 Å². The Balaban J connectivity index is 1.92. The molecule has 3 heterocycles. The van der Waals surface area contributed by atoms with Gasteiger partial charge in [0.15, 0.2) is 5.82 Å². The number of aliphatic hydroxyl groups is 1. The number of pyridine rings is 2. The predicted octanol–water partition coefficient (Wildman–Crippen LogP) is 2.42. The maximum Gasteiger partial charge on any atom is 0.255 e. The molecule has 9 heteroatoms. The first-order valence-corrected chi connectivity index (χ1v) is 9.59. The summed E-state index contributed by atoms with van der Waals surface area (Å²) in [6.07, 6.45) is 3.07. The maximum atomic E-state index is 13.2. The van der Waals surface area contributed by atoms with E-state index in [2.05, 4.69) is 15.4 Å². The molecule has 0 saturated heterocycles. The molecule has 0 saturated carbocycles. The fourth-order valence-corrected chi connectivity index (χ4v) is 2.91. The molecule has 2 atom stereocenters. The molecule has 0 aliphatic carbocycles. The summed E-state index contributed by atoms with van der Waals surface area (Å²) in [5.41, 5.74) is 1.77. The monoisotopic (exact) mass is 414 g/mol. The van der Waals surface area contributed by atoms with E-state index in [9.17, 15) is 19.5 Å². The second-order valence-electron chi connectivity index (χ2n) is 7.54. The van der Waals surface area contributed by atoms with E-state index in [1.807, 2.05) is 19.9 Å². The number of carbonyl (C=O) groups excluding carboxylic acids is 1. The summed E-state index contributed by atoms with van der Waals surface area (Å²) < 4.78 is 15.5. The Labute approximate surface area is 173 Å². The Morgan fingerprint density at radius 1 is 1.23 bits per heavy atom. The standard InChI is InChI=1S/C21H24FN5O3/c1-12(2)20(28)19-17(11-26(25-19)18-8-7-16(22)9-23-18)21(29)24-14(4)15-6-5-13(3)27(30)10-15/h5-12,14,20,28H,1-4H3,(H-,24,29,30)/p+1/t14-,20?/m1/s1. The van der Waals surface area contributed by atoms with Crippen LogP contribution in [-0.2, 0) is 0 Å². The van der Waals surface area contributed by atoms with E-state index < -0.39 is 23.9 Å². The van der Waals surface area contributed by atoms with Crippen LogP contribution >= 0.6 is 0 Å². The summed E-state index contributed by atoms with van der Waals surface area (Å²) >= 11 is 0. The molecule has 3 N–H and O–H groups in total. The van der Waals surface area contributed by atoms with Gasteiger partial charge in [-0.1, -0.05) is 13.8 Å². The van der Waals surface area contributed by atoms with Crippen LogP contribution in [0.5, 0.6) is 0 Å². The fourth-order valence-electron chi connectivity index (χ4n) is 2.91. The zero-order valence-corrected chi connectivity index (χ0v) is 17.2. The molecule has 0 spiro atoms. The third-order valence-electron chi connectivity index (χ3n) is 4.84. The highest BCUT2D eigenvalue weighted by atomic mass is 19.1. The molecule has 0 aromatic carbocycles. The molecule has 0 aliphatic heterocycles. The van der Waals surface area contributed by atoms with Crippen molar-refractivity contribution in [3.63, 3.8) is 0 Å². The number of amides is 1. The minimum atomic E-state index is -0.971. The summed E-state index contributed by atoms with van der Waals surface area (Å²) in [4.78, 5) is 17.0. The molecule has 1 unspecified atom stereocenters. The second kappa shape index (κ2) is 8.58. The van der Waals surface area contributed by atoms with Crippen LogP contribution in [0.15, 0.2) is 42.9 Å². The molecule has 0 bridgehead atoms. The zero-order chi connectivity index (χ0) is 22.0. The summed E-state index contributed by atoms with van der Waals surface area (Å²) in [6, 6.07) is 5.82. The van der Waals surface area contributed by atoms with Crippen LogP contribution in [0.3, 0.4) is 0 Å². The normalized spacial score (nSPS) is 13.3. The highest BCUT2D eigenvalue weighted by molar-refractivity contribution is 5.95. The quantitative estimate of drug-likeness (QED) is 0.425. The molecule has 0 aliphatic rings. The molecular weight excluding hydrogens is 389 g/mol. The lowest BCUT2D eigenvalue weighted by molar-refractivity contribution is -0.909. The van der Waals surface area contributed by atoms with Gasteiger partial charge in [-0.3, -0.25) is 10.0 Å². The number of halogens is 1. The van der Waals surface area contributed by atoms with Gasteiger partial charge < -0.3 is 10.4 Å². The Bertz CT molecular complexity index is 1050. The highest BCUT2D eigenvalue weighted by Crippen LogP contribution is 2.25. The highest BCUT2D eigenvalue weighted by Gasteiger charge is 2.26. The first kappa shape index (κ1) is 21.4. The first-order valence-electron chi connectivity index (χ1n) is 9.59. The third kappa shape index (κ3) is 4.46. The zero-order valence-electron chi connectivity index (χ0n) is 17.2. The number of nitrogens with one attached hydrogen (secondary N) is 1. The molecule has 30 heavy (non-hydrogen) atoms. The van der Waals surface area contributed by atoms with E-state index in [-0.39, 0.29) is 17.2 Å². The van der Waals surface area contributed by atoms with Crippen molar-refractivity contribution >= 4 is 5.91 Å². The van der Waals surface area contributed by atoms with Crippen LogP contribution in [0, 0.1) is 18.7 Å². The molecule has 3 aromatic rings. The maximum absolute atomic E-state index is 13.2. The number of carbonyl (C=O) groups is 1. The van der Waals surface area contributed by atoms with Crippen molar-refractivity contribution in [3.05, 3.63) is 71.2 Å². The average molecular weight is 414 g/mol. The lowest BCUT2D eigenvalue weighted by atomic mass is 10.0. The molecule has 8 nitrogen and oxygen atoms in total. The van der Waals surface area contributed by atoms with Crippen LogP contribution < -0.4 is 10.0 Å². The van der Waals surface area contributed by atoms with E-state index in [4.69, 9.17) is 0 Å². The van der Waals surface area contributed by atoms with Crippen molar-refractivity contribution in [2.24, 2.45) is 5.92 Å². The van der Waals surface area contributed by atoms with Crippen molar-refractivity contribution in [2.75, 3.05) is 0 Å². The number of nitrogens with zero attached hydrogens (tertiary/aromatic N) is 4. The lowest BCUT2D eigenvalue weighted by Gasteiger charge is -2.16. The van der Waals surface area contributed by atoms with Crippen LogP contribution in [0.4, 0.5) is 4.39 Å². The van der Waals surface area contributed by atoms with Gasteiger partial charge in [0.25, 0.3) is 5.91 Å². The number of aliphatic hydroxyl groups excluding tert-OH is 1. The number of aromatic nitrogens is 4. The number of hydrogen-bond donors (Lipinski definition) is 3. The Hall–Kier alpha value is -3.33. The minimum Gasteiger partial charge on any atom is -0.386 e. The van der Waals surface area contributed by atoms with E-state index in [0.29, 0.717) is 17.1 Å². The van der Waals surface area contributed by atoms with E-state index in [1.54, 1.807) is 19.9 Å². The Morgan fingerprint density at radius 3 is 2.57 bits per heavy atom. The van der Waals surface area contributed by atoms with Crippen LogP contribution in [0.1, 0.15) is 60.2 Å². The van der Waals surface area contributed by atoms with Crippen molar-refractivity contribution in [2.45, 2.75) is 39.8 Å². The van der Waals surface area contributed by atoms with Gasteiger partial charge in [-0.2, -0.15) is 5.10 Å². The van der Waals surface area contributed by atoms with Gasteiger partial charge in [-0.05, 0) is 31.0 Å². The first-order chi connectivity index (χ1) is 14.2. The van der Waals surface area contributed by atoms with Gasteiger partial charge >= 0.3 is 0 Å². The SMILES string of the molecule is Cc1ccc([C@@H](C)NC(=O)c2cn(-c3ccc(F)cn3)nc2C(O)C(C)C)c[n+]1O. The number of hydrogen-bond acceptors (Lipinski definition) is 5. The molecule has 0 radical (unpaired) electrons. The summed E-state index contributed by atoms with van der Waals surface area (Å²) in [5, 5.41) is 27.6. The van der Waals surface area contributed by atoms with Crippen molar-refractivity contribution in [1.29, 1.82) is 0 Å². The lowest BCUT2D eigenvalue weighted by Crippen LogP contribution is -2.35. The summed E-state index contributed by atoms with van der Waals surface area (Å²) in [5.74, 6) is -0.778. The van der Waals surface area contributed by atoms with Crippen LogP contribution in [0.25, 0.3) is 5.82 Å². The smallest absolute Gasteiger partial charge is 0.255 e. The van der Waals surface area contributed by atoms with Gasteiger partial charge in [0.05, 0.1) is 17.8 Å². The Morgan fingerprint density at radius 2 is 1.97 bits per heavy atom. The van der Waals surface area contributed by atoms with Crippen LogP contribution in [0.2, 0.25) is 0 Å². The molecule has 3 aromatic heterocycles. The van der Waals surface area contributed by atoms with E-state index in [1.165, 1.54) is 29.2 Å². The van der Waals surface area contributed by atoms with E-state index in [0.717, 1.165) is 10.9 Å². The molecule has 1 amide bonds. The molecule has 3 rings (SSSR count). The number of aryl methyl sites for hydroxylation is 1. The van der Waals surface area contributed by atoms with Gasteiger partial charge in [-0.15, -0.1) is 0 Å². The third-order valence-corrected chi connectivity index (χ3v) is 4.84. The minimum absolute atomic E-state index is 0.177. The molecule has 0 fully saturated rings. The summed E-state index contributed by atoms with van der Waals surface area (Å²) in [6.45, 7) is 7.17.